The Balaban J connectivity index is 1.84. The molecule has 2 heterocycles. The first kappa shape index (κ1) is 15.8. The highest BCUT2D eigenvalue weighted by atomic mass is 35.5. The van der Waals surface area contributed by atoms with Gasteiger partial charge in [0.05, 0.1) is 11.7 Å². The summed E-state index contributed by atoms with van der Waals surface area (Å²) in [6.45, 7) is 4.28. The van der Waals surface area contributed by atoms with E-state index in [0.29, 0.717) is 6.04 Å². The number of rotatable bonds is 3. The lowest BCUT2D eigenvalue weighted by Crippen LogP contribution is -2.48. The largest absolute Gasteiger partial charge is 0.455 e. The second-order valence-corrected chi connectivity index (χ2v) is 7.03. The maximum atomic E-state index is 6.29. The highest BCUT2D eigenvalue weighted by Crippen LogP contribution is 2.48. The van der Waals surface area contributed by atoms with Crippen molar-refractivity contribution in [1.82, 2.24) is 5.32 Å². The maximum absolute atomic E-state index is 6.29. The van der Waals surface area contributed by atoms with Crippen LogP contribution in [0.2, 0.25) is 5.02 Å². The number of halogens is 1. The number of piperidine rings is 1. The van der Waals surface area contributed by atoms with Gasteiger partial charge in [-0.1, -0.05) is 36.7 Å². The fraction of sp³-hybridized carbons (Fsp3) is 0.400. The van der Waals surface area contributed by atoms with Crippen LogP contribution in [0.3, 0.4) is 0 Å². The Kier molecular flexibility index (Phi) is 4.38. The normalized spacial score (nSPS) is 22.0. The minimum atomic E-state index is 0.279. The van der Waals surface area contributed by atoms with Gasteiger partial charge < -0.3 is 15.0 Å². The van der Waals surface area contributed by atoms with Crippen LogP contribution in [0.25, 0.3) is 0 Å². The number of nitrogens with one attached hydrogen (secondary N) is 1. The summed E-state index contributed by atoms with van der Waals surface area (Å²) in [5.74, 6) is 1.85. The van der Waals surface area contributed by atoms with Crippen LogP contribution in [-0.4, -0.2) is 19.1 Å². The van der Waals surface area contributed by atoms with Gasteiger partial charge in [-0.25, -0.2) is 0 Å². The molecule has 0 saturated carbocycles. The van der Waals surface area contributed by atoms with Crippen LogP contribution in [-0.2, 0) is 0 Å². The molecule has 2 aliphatic rings. The molecule has 126 valence electrons. The van der Waals surface area contributed by atoms with Crippen molar-refractivity contribution in [3.8, 4) is 11.5 Å². The molecular formula is C20H23ClN2O. The average Bonchev–Trinajstić information content (AvgIpc) is 2.75. The van der Waals surface area contributed by atoms with Crippen molar-refractivity contribution in [2.75, 3.05) is 18.0 Å². The Hall–Kier alpha value is -1.71. The molecule has 0 spiro atoms. The van der Waals surface area contributed by atoms with E-state index in [-0.39, 0.29) is 6.04 Å². The molecule has 2 atom stereocenters. The van der Waals surface area contributed by atoms with Crippen molar-refractivity contribution in [3.63, 3.8) is 0 Å². The third-order valence-corrected chi connectivity index (χ3v) is 5.21. The van der Waals surface area contributed by atoms with Gasteiger partial charge in [-0.05, 0) is 50.1 Å². The van der Waals surface area contributed by atoms with Gasteiger partial charge in [-0.3, -0.25) is 0 Å². The lowest BCUT2D eigenvalue weighted by molar-refractivity contribution is 0.346. The number of ether oxygens (including phenoxy) is 1. The molecule has 2 aliphatic heterocycles. The first-order valence-electron chi connectivity index (χ1n) is 8.84. The predicted octanol–water partition coefficient (Wildman–Crippen LogP) is 5.16. The zero-order chi connectivity index (χ0) is 16.5. The molecule has 1 fully saturated rings. The van der Waals surface area contributed by atoms with Gasteiger partial charge in [-0.2, -0.15) is 0 Å². The Morgan fingerprint density at radius 1 is 1.21 bits per heavy atom. The third kappa shape index (κ3) is 2.76. The van der Waals surface area contributed by atoms with Crippen LogP contribution in [0.5, 0.6) is 11.5 Å². The quantitative estimate of drug-likeness (QED) is 0.834. The van der Waals surface area contributed by atoms with Crippen molar-refractivity contribution in [2.24, 2.45) is 0 Å². The molecule has 3 nitrogen and oxygen atoms in total. The number of hydrogen-bond acceptors (Lipinski definition) is 3. The summed E-state index contributed by atoms with van der Waals surface area (Å²) in [4.78, 5) is 2.48. The molecule has 0 radical (unpaired) electrons. The molecule has 24 heavy (non-hydrogen) atoms. The van der Waals surface area contributed by atoms with E-state index >= 15 is 0 Å². The van der Waals surface area contributed by atoms with Crippen LogP contribution < -0.4 is 15.0 Å². The van der Waals surface area contributed by atoms with Crippen LogP contribution in [0.15, 0.2) is 42.5 Å². The van der Waals surface area contributed by atoms with E-state index < -0.39 is 0 Å². The van der Waals surface area contributed by atoms with Crippen molar-refractivity contribution in [2.45, 2.75) is 38.3 Å². The van der Waals surface area contributed by atoms with Crippen molar-refractivity contribution in [1.29, 1.82) is 0 Å². The van der Waals surface area contributed by atoms with Crippen molar-refractivity contribution in [3.05, 3.63) is 53.1 Å². The topological polar surface area (TPSA) is 24.5 Å². The van der Waals surface area contributed by atoms with Crippen molar-refractivity contribution < 1.29 is 4.74 Å². The number of fused-ring (bicyclic) bond motifs is 5. The molecule has 2 aromatic carbocycles. The Bertz CT molecular complexity index is 733. The molecule has 0 aromatic heterocycles. The van der Waals surface area contributed by atoms with Crippen LogP contribution in [0, 0.1) is 0 Å². The first-order valence-corrected chi connectivity index (χ1v) is 9.22. The minimum Gasteiger partial charge on any atom is -0.455 e. The van der Waals surface area contributed by atoms with Gasteiger partial charge >= 0.3 is 0 Å². The van der Waals surface area contributed by atoms with Crippen LogP contribution in [0.1, 0.15) is 37.8 Å². The molecule has 0 amide bonds. The monoisotopic (exact) mass is 342 g/mol. The third-order valence-electron chi connectivity index (χ3n) is 4.98. The Morgan fingerprint density at radius 3 is 2.96 bits per heavy atom. The smallest absolute Gasteiger partial charge is 0.150 e. The number of para-hydroxylation sites is 1. The van der Waals surface area contributed by atoms with E-state index in [1.165, 1.54) is 18.4 Å². The van der Waals surface area contributed by atoms with Gasteiger partial charge in [0.25, 0.3) is 0 Å². The number of anilines is 1. The first-order chi connectivity index (χ1) is 11.8. The molecule has 0 bridgehead atoms. The summed E-state index contributed by atoms with van der Waals surface area (Å²) in [5.41, 5.74) is 2.37. The van der Waals surface area contributed by atoms with Gasteiger partial charge in [0.1, 0.15) is 5.75 Å². The summed E-state index contributed by atoms with van der Waals surface area (Å²) in [6.07, 6.45) is 3.50. The van der Waals surface area contributed by atoms with E-state index in [1.54, 1.807) is 0 Å². The molecule has 0 unspecified atom stereocenters. The number of benzene rings is 2. The average molecular weight is 343 g/mol. The Labute approximate surface area is 148 Å². The Morgan fingerprint density at radius 2 is 2.08 bits per heavy atom. The van der Waals surface area contributed by atoms with E-state index in [1.807, 2.05) is 24.3 Å². The second kappa shape index (κ2) is 6.66. The van der Waals surface area contributed by atoms with Crippen molar-refractivity contribution >= 4 is 17.3 Å². The fourth-order valence-electron chi connectivity index (χ4n) is 3.93. The molecule has 4 heteroatoms. The summed E-state index contributed by atoms with van der Waals surface area (Å²) < 4.78 is 6.27. The van der Waals surface area contributed by atoms with Crippen LogP contribution in [0.4, 0.5) is 5.69 Å². The fourth-order valence-corrected chi connectivity index (χ4v) is 4.10. The molecule has 2 aromatic rings. The van der Waals surface area contributed by atoms with Gasteiger partial charge in [-0.15, -0.1) is 0 Å². The molecule has 1 N–H and O–H groups in total. The maximum Gasteiger partial charge on any atom is 0.150 e. The van der Waals surface area contributed by atoms with Gasteiger partial charge in [0.2, 0.25) is 0 Å². The second-order valence-electron chi connectivity index (χ2n) is 6.59. The number of hydrogen-bond donors (Lipinski definition) is 1. The van der Waals surface area contributed by atoms with Gasteiger partial charge in [0, 0.05) is 23.2 Å². The predicted molar refractivity (Wildman–Crippen MR) is 99.4 cm³/mol. The van der Waals surface area contributed by atoms with E-state index in [9.17, 15) is 0 Å². The summed E-state index contributed by atoms with van der Waals surface area (Å²) in [7, 11) is 0. The summed E-state index contributed by atoms with van der Waals surface area (Å²) >= 11 is 6.29. The lowest BCUT2D eigenvalue weighted by Gasteiger charge is -2.42. The summed E-state index contributed by atoms with van der Waals surface area (Å²) in [6, 6.07) is 15.1. The molecule has 4 rings (SSSR count). The highest BCUT2D eigenvalue weighted by molar-refractivity contribution is 6.31. The van der Waals surface area contributed by atoms with E-state index in [4.69, 9.17) is 16.3 Å². The minimum absolute atomic E-state index is 0.279. The number of nitrogens with zero attached hydrogens (tertiary/aromatic N) is 1. The molecular weight excluding hydrogens is 320 g/mol. The van der Waals surface area contributed by atoms with Crippen LogP contribution >= 0.6 is 11.6 Å². The summed E-state index contributed by atoms with van der Waals surface area (Å²) in [5, 5.41) is 4.51. The molecule has 1 saturated heterocycles. The highest BCUT2D eigenvalue weighted by Gasteiger charge is 2.37. The standard InChI is InChI=1S/C20H23ClN2O/c1-2-11-22-16-7-5-12-23-17-13-14(21)9-10-19(17)24-18-8-4-3-6-15(18)20(16)23/h3-4,6,8-10,13,16,20,22H,2,5,7,11-12H2,1H3/t16-,20-/m1/s1. The zero-order valence-electron chi connectivity index (χ0n) is 14.0. The van der Waals surface area contributed by atoms with Gasteiger partial charge in [0.15, 0.2) is 5.75 Å². The van der Waals surface area contributed by atoms with E-state index in [0.717, 1.165) is 41.7 Å². The lowest BCUT2D eigenvalue weighted by atomic mass is 9.89. The zero-order valence-corrected chi connectivity index (χ0v) is 14.7. The SMILES string of the molecule is CCCN[C@@H]1CCCN2c3cc(Cl)ccc3Oc3ccccc3[C@H]12. The molecule has 0 aliphatic carbocycles. The van der Waals surface area contributed by atoms with E-state index in [2.05, 4.69) is 35.3 Å².